The van der Waals surface area contributed by atoms with E-state index in [0.717, 1.165) is 11.3 Å². The Balaban J connectivity index is 1.66. The Morgan fingerprint density at radius 2 is 1.96 bits per heavy atom. The highest BCUT2D eigenvalue weighted by Gasteiger charge is 2.15. The van der Waals surface area contributed by atoms with Gasteiger partial charge < -0.3 is 10.2 Å². The fraction of sp³-hybridized carbons (Fsp3) is 0.118. The topological polar surface area (TPSA) is 82.2 Å². The molecule has 5 nitrogen and oxygen atoms in total. The first-order valence-electron chi connectivity index (χ1n) is 7.29. The molecule has 0 aromatic heterocycles. The number of azo groups is 1. The lowest BCUT2D eigenvalue weighted by Crippen LogP contribution is -1.97. The number of hydrogen-bond acceptors (Lipinski definition) is 7. The Hall–Kier alpha value is -1.90. The SMILES string of the molecule is O=C(O)c1cc(CN=Nc2ccc(C3=CC(S)SS3)cc2)ccc1O. The molecule has 25 heavy (non-hydrogen) atoms. The molecule has 0 bridgehead atoms. The van der Waals surface area contributed by atoms with Gasteiger partial charge in [0.15, 0.2) is 0 Å². The molecule has 0 aliphatic carbocycles. The van der Waals surface area contributed by atoms with Gasteiger partial charge in [-0.2, -0.15) is 22.9 Å². The van der Waals surface area contributed by atoms with Crippen LogP contribution >= 0.6 is 34.2 Å². The molecule has 0 saturated heterocycles. The van der Waals surface area contributed by atoms with Crippen LogP contribution in [0.1, 0.15) is 21.5 Å². The second kappa shape index (κ2) is 7.99. The molecular formula is C17H14N2O3S3. The molecule has 0 saturated carbocycles. The lowest BCUT2D eigenvalue weighted by molar-refractivity contribution is 0.0693. The van der Waals surface area contributed by atoms with Crippen molar-refractivity contribution in [1.29, 1.82) is 0 Å². The van der Waals surface area contributed by atoms with E-state index < -0.39 is 5.97 Å². The second-order valence-electron chi connectivity index (χ2n) is 5.20. The van der Waals surface area contributed by atoms with E-state index >= 15 is 0 Å². The summed E-state index contributed by atoms with van der Waals surface area (Å²) < 4.78 is 0.223. The van der Waals surface area contributed by atoms with Crippen LogP contribution in [0.4, 0.5) is 5.69 Å². The summed E-state index contributed by atoms with van der Waals surface area (Å²) in [4.78, 5) is 12.2. The van der Waals surface area contributed by atoms with Gasteiger partial charge in [0, 0.05) is 4.91 Å². The Kier molecular flexibility index (Phi) is 5.72. The van der Waals surface area contributed by atoms with Crippen molar-refractivity contribution in [3.8, 4) is 5.75 Å². The minimum Gasteiger partial charge on any atom is -0.507 e. The summed E-state index contributed by atoms with van der Waals surface area (Å²) in [5.74, 6) is -1.43. The van der Waals surface area contributed by atoms with Crippen LogP contribution in [0, 0.1) is 0 Å². The zero-order chi connectivity index (χ0) is 17.8. The molecule has 8 heteroatoms. The van der Waals surface area contributed by atoms with Gasteiger partial charge >= 0.3 is 5.97 Å². The maximum atomic E-state index is 11.0. The van der Waals surface area contributed by atoms with Crippen molar-refractivity contribution in [3.05, 3.63) is 65.2 Å². The van der Waals surface area contributed by atoms with Crippen molar-refractivity contribution >= 4 is 50.8 Å². The zero-order valence-electron chi connectivity index (χ0n) is 12.9. The standard InChI is InChI=1S/C17H14N2O3S3/c20-14-6-1-10(7-13(14)17(21)22)9-18-19-12-4-2-11(3-5-12)15-8-16(23)25-24-15/h1-8,16,20,23H,9H2,(H,21,22). The van der Waals surface area contributed by atoms with Gasteiger partial charge in [-0.1, -0.05) is 39.8 Å². The van der Waals surface area contributed by atoms with E-state index in [1.54, 1.807) is 27.7 Å². The summed E-state index contributed by atoms with van der Waals surface area (Å²) in [5, 5.41) is 26.7. The number of carboxylic acid groups (broad SMARTS) is 1. The maximum Gasteiger partial charge on any atom is 0.339 e. The van der Waals surface area contributed by atoms with Crippen molar-refractivity contribution in [2.75, 3.05) is 0 Å². The first kappa shape index (κ1) is 17.9. The molecule has 1 heterocycles. The fourth-order valence-electron chi connectivity index (χ4n) is 2.17. The number of benzene rings is 2. The molecule has 1 aliphatic rings. The highest BCUT2D eigenvalue weighted by atomic mass is 33.1. The lowest BCUT2D eigenvalue weighted by Gasteiger charge is -2.02. The minimum atomic E-state index is -1.17. The van der Waals surface area contributed by atoms with Crippen LogP contribution < -0.4 is 0 Å². The summed E-state index contributed by atoms with van der Waals surface area (Å²) in [7, 11) is 3.41. The molecule has 1 unspecified atom stereocenters. The van der Waals surface area contributed by atoms with E-state index in [0.29, 0.717) is 5.56 Å². The summed E-state index contributed by atoms with van der Waals surface area (Å²) in [5.41, 5.74) is 2.37. The third-order valence-electron chi connectivity index (χ3n) is 3.41. The van der Waals surface area contributed by atoms with E-state index in [-0.39, 0.29) is 22.4 Å². The lowest BCUT2D eigenvalue weighted by atomic mass is 10.1. The van der Waals surface area contributed by atoms with Gasteiger partial charge in [0.1, 0.15) is 11.3 Å². The fourth-order valence-corrected chi connectivity index (χ4v) is 4.94. The van der Waals surface area contributed by atoms with E-state index in [2.05, 4.69) is 28.9 Å². The molecule has 0 fully saturated rings. The maximum absolute atomic E-state index is 11.0. The summed E-state index contributed by atoms with van der Waals surface area (Å²) in [6, 6.07) is 12.1. The number of aromatic carboxylic acids is 1. The molecule has 1 aliphatic heterocycles. The van der Waals surface area contributed by atoms with Crippen LogP contribution in [-0.4, -0.2) is 20.8 Å². The molecule has 0 radical (unpaired) electrons. The van der Waals surface area contributed by atoms with Gasteiger partial charge in [0.25, 0.3) is 0 Å². The number of aromatic hydroxyl groups is 1. The number of carbonyl (C=O) groups is 1. The molecule has 3 rings (SSSR count). The molecule has 0 amide bonds. The summed E-state index contributed by atoms with van der Waals surface area (Å²) in [6.45, 7) is 0.237. The van der Waals surface area contributed by atoms with E-state index in [1.165, 1.54) is 17.0 Å². The van der Waals surface area contributed by atoms with Crippen molar-refractivity contribution < 1.29 is 15.0 Å². The van der Waals surface area contributed by atoms with Crippen molar-refractivity contribution in [1.82, 2.24) is 0 Å². The zero-order valence-corrected chi connectivity index (χ0v) is 15.4. The van der Waals surface area contributed by atoms with Crippen LogP contribution in [0.25, 0.3) is 4.91 Å². The van der Waals surface area contributed by atoms with E-state index in [4.69, 9.17) is 5.11 Å². The molecule has 2 aromatic rings. The van der Waals surface area contributed by atoms with Gasteiger partial charge in [-0.25, -0.2) is 4.79 Å². The van der Waals surface area contributed by atoms with Crippen LogP contribution in [0.3, 0.4) is 0 Å². The average molecular weight is 391 g/mol. The Bertz CT molecular complexity index is 851. The normalized spacial score (nSPS) is 17.0. The van der Waals surface area contributed by atoms with Crippen LogP contribution in [0.15, 0.2) is 58.8 Å². The van der Waals surface area contributed by atoms with Crippen molar-refractivity contribution in [3.63, 3.8) is 0 Å². The number of rotatable bonds is 5. The minimum absolute atomic E-state index is 0.139. The number of carboxylic acids is 1. The first-order valence-corrected chi connectivity index (χ1v) is 10.0. The smallest absolute Gasteiger partial charge is 0.339 e. The van der Waals surface area contributed by atoms with E-state index in [9.17, 15) is 9.90 Å². The third kappa shape index (κ3) is 4.59. The average Bonchev–Trinajstić information content (AvgIpc) is 3.03. The Labute approximate surface area is 158 Å². The number of nitrogens with zero attached hydrogens (tertiary/aromatic N) is 2. The molecule has 2 N–H and O–H groups in total. The second-order valence-corrected chi connectivity index (χ2v) is 8.49. The molecule has 128 valence electrons. The highest BCUT2D eigenvalue weighted by molar-refractivity contribution is 8.82. The Morgan fingerprint density at radius 3 is 2.60 bits per heavy atom. The summed E-state index contributed by atoms with van der Waals surface area (Å²) >= 11 is 4.41. The quantitative estimate of drug-likeness (QED) is 0.363. The van der Waals surface area contributed by atoms with Crippen molar-refractivity contribution in [2.45, 2.75) is 11.1 Å². The predicted octanol–water partition coefficient (Wildman–Crippen LogP) is 5.37. The van der Waals surface area contributed by atoms with Crippen LogP contribution in [0.2, 0.25) is 0 Å². The van der Waals surface area contributed by atoms with Gasteiger partial charge in [0.2, 0.25) is 0 Å². The third-order valence-corrected chi connectivity index (χ3v) is 6.74. The van der Waals surface area contributed by atoms with Gasteiger partial charge in [-0.3, -0.25) is 0 Å². The highest BCUT2D eigenvalue weighted by Crippen LogP contribution is 2.48. The van der Waals surface area contributed by atoms with Crippen LogP contribution in [0.5, 0.6) is 5.75 Å². The van der Waals surface area contributed by atoms with Gasteiger partial charge in [-0.15, -0.1) is 0 Å². The monoisotopic (exact) mass is 390 g/mol. The first-order chi connectivity index (χ1) is 12.0. The largest absolute Gasteiger partial charge is 0.507 e. The predicted molar refractivity (Wildman–Crippen MR) is 106 cm³/mol. The van der Waals surface area contributed by atoms with E-state index in [1.807, 2.05) is 24.3 Å². The molecular weight excluding hydrogens is 376 g/mol. The number of thiol groups is 1. The molecule has 2 aromatic carbocycles. The van der Waals surface area contributed by atoms with Gasteiger partial charge in [-0.05, 0) is 41.5 Å². The Morgan fingerprint density at radius 1 is 1.20 bits per heavy atom. The van der Waals surface area contributed by atoms with Crippen molar-refractivity contribution in [2.24, 2.45) is 10.2 Å². The van der Waals surface area contributed by atoms with Gasteiger partial charge in [0.05, 0.1) is 16.8 Å². The summed E-state index contributed by atoms with van der Waals surface area (Å²) in [6.07, 6.45) is 2.11. The molecule has 1 atom stereocenters. The number of phenols is 1. The molecule has 0 spiro atoms. The number of hydrogen-bond donors (Lipinski definition) is 3. The van der Waals surface area contributed by atoms with Crippen LogP contribution in [-0.2, 0) is 6.54 Å².